The van der Waals surface area contributed by atoms with E-state index < -0.39 is 0 Å². The molecule has 0 spiro atoms. The van der Waals surface area contributed by atoms with Crippen molar-refractivity contribution in [3.63, 3.8) is 0 Å². The maximum atomic E-state index is 5.62. The molecule has 0 radical (unpaired) electrons. The molecule has 0 aromatic carbocycles. The predicted octanol–water partition coefficient (Wildman–Crippen LogP) is 5.88. The predicted molar refractivity (Wildman–Crippen MR) is 117 cm³/mol. The summed E-state index contributed by atoms with van der Waals surface area (Å²) in [6.45, 7) is 0. The second kappa shape index (κ2) is 9.18. The Hall–Kier alpha value is -2.39. The van der Waals surface area contributed by atoms with Crippen LogP contribution in [0.1, 0.15) is 50.5 Å². The fraction of sp³-hybridized carbons (Fsp3) is 0.429. The highest BCUT2D eigenvalue weighted by Crippen LogP contribution is 2.35. The van der Waals surface area contributed by atoms with Crippen LogP contribution in [-0.2, 0) is 6.42 Å². The first kappa shape index (κ1) is 19.6. The van der Waals surface area contributed by atoms with Crippen molar-refractivity contribution < 1.29 is 8.94 Å². The Labute approximate surface area is 182 Å². The lowest BCUT2D eigenvalue weighted by Crippen LogP contribution is -2.15. The molecule has 156 valence electrons. The molecular formula is C21H23N5O2S2. The maximum absolute atomic E-state index is 5.62. The summed E-state index contributed by atoms with van der Waals surface area (Å²) in [6, 6.07) is 8.30. The second-order valence-corrected chi connectivity index (χ2v) is 9.40. The molecule has 1 aliphatic carbocycles. The molecule has 0 N–H and O–H groups in total. The highest BCUT2D eigenvalue weighted by atomic mass is 32.2. The molecule has 1 saturated carbocycles. The Kier molecular flexibility index (Phi) is 5.99. The molecule has 1 fully saturated rings. The first-order valence-electron chi connectivity index (χ1n) is 10.4. The summed E-state index contributed by atoms with van der Waals surface area (Å²) < 4.78 is 13.3. The lowest BCUT2D eigenvalue weighted by Gasteiger charge is -2.25. The highest BCUT2D eigenvalue weighted by molar-refractivity contribution is 7.99. The van der Waals surface area contributed by atoms with E-state index in [2.05, 4.69) is 24.9 Å². The number of rotatable bonds is 8. The normalized spacial score (nSPS) is 15.1. The van der Waals surface area contributed by atoms with E-state index in [1.807, 2.05) is 29.6 Å². The van der Waals surface area contributed by atoms with E-state index in [-0.39, 0.29) is 0 Å². The first-order valence-corrected chi connectivity index (χ1v) is 12.2. The van der Waals surface area contributed by atoms with Crippen LogP contribution in [0.15, 0.2) is 50.0 Å². The number of thiophene rings is 1. The van der Waals surface area contributed by atoms with Crippen LogP contribution < -0.4 is 0 Å². The summed E-state index contributed by atoms with van der Waals surface area (Å²) in [6.07, 6.45) is 9.56. The molecule has 0 bridgehead atoms. The van der Waals surface area contributed by atoms with Crippen molar-refractivity contribution in [1.29, 1.82) is 0 Å². The SMILES string of the molecule is c1coc(-c2nnc(SCCCc3nc(-c4cccs4)no3)n2C2CCCCC2)c1. The quantitative estimate of drug-likeness (QED) is 0.249. The third-order valence-corrected chi connectivity index (χ3v) is 7.22. The Morgan fingerprint density at radius 1 is 1.13 bits per heavy atom. The molecule has 7 nitrogen and oxygen atoms in total. The van der Waals surface area contributed by atoms with Crippen molar-refractivity contribution in [2.24, 2.45) is 0 Å². The van der Waals surface area contributed by atoms with E-state index >= 15 is 0 Å². The molecule has 4 aromatic rings. The van der Waals surface area contributed by atoms with Crippen LogP contribution in [0.4, 0.5) is 0 Å². The molecular weight excluding hydrogens is 418 g/mol. The zero-order valence-electron chi connectivity index (χ0n) is 16.6. The molecule has 9 heteroatoms. The van der Waals surface area contributed by atoms with Crippen LogP contribution in [0.3, 0.4) is 0 Å². The summed E-state index contributed by atoms with van der Waals surface area (Å²) in [5.74, 6) is 3.90. The molecule has 1 aliphatic rings. The van der Waals surface area contributed by atoms with Crippen LogP contribution in [-0.4, -0.2) is 30.7 Å². The minimum Gasteiger partial charge on any atom is -0.461 e. The largest absolute Gasteiger partial charge is 0.461 e. The van der Waals surface area contributed by atoms with Crippen molar-refractivity contribution in [1.82, 2.24) is 24.9 Å². The van der Waals surface area contributed by atoms with Gasteiger partial charge in [-0.25, -0.2) is 0 Å². The van der Waals surface area contributed by atoms with Gasteiger partial charge in [-0.1, -0.05) is 42.2 Å². The van der Waals surface area contributed by atoms with Gasteiger partial charge in [0.05, 0.1) is 11.1 Å². The summed E-state index contributed by atoms with van der Waals surface area (Å²) >= 11 is 3.36. The molecule has 0 aliphatic heterocycles. The van der Waals surface area contributed by atoms with E-state index in [9.17, 15) is 0 Å². The van der Waals surface area contributed by atoms with Crippen LogP contribution in [0.2, 0.25) is 0 Å². The van der Waals surface area contributed by atoms with Gasteiger partial charge in [0, 0.05) is 18.2 Å². The van der Waals surface area contributed by atoms with Crippen molar-refractivity contribution in [3.05, 3.63) is 41.8 Å². The van der Waals surface area contributed by atoms with Crippen LogP contribution in [0.25, 0.3) is 22.3 Å². The van der Waals surface area contributed by atoms with Crippen molar-refractivity contribution >= 4 is 23.1 Å². The van der Waals surface area contributed by atoms with Gasteiger partial charge in [0.15, 0.2) is 10.9 Å². The number of furan rings is 1. The summed E-state index contributed by atoms with van der Waals surface area (Å²) in [4.78, 5) is 5.54. The fourth-order valence-corrected chi connectivity index (χ4v) is 5.46. The Morgan fingerprint density at radius 2 is 2.07 bits per heavy atom. The second-order valence-electron chi connectivity index (χ2n) is 7.39. The summed E-state index contributed by atoms with van der Waals surface area (Å²) in [5.41, 5.74) is 0. The van der Waals surface area contributed by atoms with Gasteiger partial charge in [-0.2, -0.15) is 4.98 Å². The average molecular weight is 442 g/mol. The molecule has 30 heavy (non-hydrogen) atoms. The molecule has 0 amide bonds. The van der Waals surface area contributed by atoms with Crippen molar-refractivity contribution in [3.8, 4) is 22.3 Å². The smallest absolute Gasteiger partial charge is 0.227 e. The van der Waals surface area contributed by atoms with Gasteiger partial charge in [0.1, 0.15) is 0 Å². The molecule has 5 rings (SSSR count). The van der Waals surface area contributed by atoms with Gasteiger partial charge in [0.25, 0.3) is 0 Å². The minimum atomic E-state index is 0.445. The Morgan fingerprint density at radius 3 is 2.87 bits per heavy atom. The minimum absolute atomic E-state index is 0.445. The fourth-order valence-electron chi connectivity index (χ4n) is 3.87. The number of nitrogens with zero attached hydrogens (tertiary/aromatic N) is 5. The van der Waals surface area contributed by atoms with Gasteiger partial charge in [-0.05, 0) is 42.8 Å². The zero-order valence-corrected chi connectivity index (χ0v) is 18.2. The molecule has 0 unspecified atom stereocenters. The van der Waals surface area contributed by atoms with Gasteiger partial charge in [-0.3, -0.25) is 4.57 Å². The monoisotopic (exact) mass is 441 g/mol. The number of aromatic nitrogens is 5. The Bertz CT molecular complexity index is 1050. The molecule has 0 atom stereocenters. The number of hydrogen-bond donors (Lipinski definition) is 0. The van der Waals surface area contributed by atoms with Crippen LogP contribution >= 0.6 is 23.1 Å². The van der Waals surface area contributed by atoms with Crippen molar-refractivity contribution in [2.75, 3.05) is 5.75 Å². The standard InChI is InChI=1S/C21H23N5O2S2/c1-2-7-15(8-3-1)26-20(16-9-4-12-27-16)23-24-21(26)30-14-6-11-18-22-19(25-28-18)17-10-5-13-29-17/h4-5,9-10,12-13,15H,1-3,6-8,11,14H2. The van der Waals surface area contributed by atoms with Gasteiger partial charge >= 0.3 is 0 Å². The first-order chi connectivity index (χ1) is 14.9. The maximum Gasteiger partial charge on any atom is 0.227 e. The lowest BCUT2D eigenvalue weighted by atomic mass is 9.95. The Balaban J connectivity index is 1.24. The van der Waals surface area contributed by atoms with Crippen LogP contribution in [0, 0.1) is 0 Å². The van der Waals surface area contributed by atoms with E-state index in [4.69, 9.17) is 8.94 Å². The van der Waals surface area contributed by atoms with E-state index in [1.165, 1.54) is 32.1 Å². The number of hydrogen-bond acceptors (Lipinski definition) is 8. The molecule has 4 aromatic heterocycles. The third-order valence-electron chi connectivity index (χ3n) is 5.32. The van der Waals surface area contributed by atoms with E-state index in [0.717, 1.165) is 40.2 Å². The number of aryl methyl sites for hydroxylation is 1. The van der Waals surface area contributed by atoms with Gasteiger partial charge in [-0.15, -0.1) is 21.5 Å². The average Bonchev–Trinajstić information content (AvgIpc) is 3.57. The topological polar surface area (TPSA) is 82.8 Å². The molecule has 4 heterocycles. The third kappa shape index (κ3) is 4.22. The highest BCUT2D eigenvalue weighted by Gasteiger charge is 2.24. The van der Waals surface area contributed by atoms with Crippen LogP contribution in [0.5, 0.6) is 0 Å². The lowest BCUT2D eigenvalue weighted by molar-refractivity contribution is 0.337. The van der Waals surface area contributed by atoms with E-state index in [1.54, 1.807) is 29.4 Å². The van der Waals surface area contributed by atoms with Gasteiger partial charge < -0.3 is 8.94 Å². The molecule has 0 saturated heterocycles. The number of thioether (sulfide) groups is 1. The zero-order chi connectivity index (χ0) is 20.2. The van der Waals surface area contributed by atoms with Crippen molar-refractivity contribution in [2.45, 2.75) is 56.1 Å². The summed E-state index contributed by atoms with van der Waals surface area (Å²) in [5, 5.41) is 16.0. The van der Waals surface area contributed by atoms with Gasteiger partial charge in [0.2, 0.25) is 17.5 Å². The summed E-state index contributed by atoms with van der Waals surface area (Å²) in [7, 11) is 0. The van der Waals surface area contributed by atoms with E-state index in [0.29, 0.717) is 17.8 Å².